The van der Waals surface area contributed by atoms with E-state index in [-0.39, 0.29) is 12.3 Å². The molecule has 2 aromatic carbocycles. The highest BCUT2D eigenvalue weighted by molar-refractivity contribution is 6.31. The Morgan fingerprint density at radius 1 is 1.19 bits per heavy atom. The van der Waals surface area contributed by atoms with Crippen LogP contribution >= 0.6 is 11.6 Å². The summed E-state index contributed by atoms with van der Waals surface area (Å²) in [5.74, 6) is -0.512. The number of nitrogens with one attached hydrogen (secondary N) is 1. The van der Waals surface area contributed by atoms with Crippen LogP contribution in [0.5, 0.6) is 5.75 Å². The number of carbonyl (C=O) groups is 2. The van der Waals surface area contributed by atoms with Gasteiger partial charge in [-0.3, -0.25) is 9.78 Å². The second-order valence-electron chi connectivity index (χ2n) is 6.43. The van der Waals surface area contributed by atoms with Gasteiger partial charge in [0.25, 0.3) is 5.91 Å². The SMILES string of the molecule is O=C1NC2(COc3ccc(Cl)cc32)C(=O)N1c1cncc2ccc(F)cc12. The maximum atomic E-state index is 13.8. The summed E-state index contributed by atoms with van der Waals surface area (Å²) in [4.78, 5) is 31.2. The second-order valence-corrected chi connectivity index (χ2v) is 6.87. The summed E-state index contributed by atoms with van der Waals surface area (Å²) in [6.45, 7) is -0.0453. The lowest BCUT2D eigenvalue weighted by Gasteiger charge is -2.20. The summed E-state index contributed by atoms with van der Waals surface area (Å²) in [6, 6.07) is 8.39. The van der Waals surface area contributed by atoms with Crippen molar-refractivity contribution in [1.29, 1.82) is 0 Å². The first-order valence-electron chi connectivity index (χ1n) is 8.12. The smallest absolute Gasteiger partial charge is 0.330 e. The molecular formula is C19H11ClFN3O3. The normalized spacial score (nSPS) is 20.9. The fourth-order valence-electron chi connectivity index (χ4n) is 3.60. The van der Waals surface area contributed by atoms with Crippen LogP contribution in [0.25, 0.3) is 10.8 Å². The molecule has 2 aliphatic heterocycles. The fourth-order valence-corrected chi connectivity index (χ4v) is 3.77. The van der Waals surface area contributed by atoms with Gasteiger partial charge >= 0.3 is 6.03 Å². The van der Waals surface area contributed by atoms with Crippen LogP contribution in [0.2, 0.25) is 5.02 Å². The molecule has 1 fully saturated rings. The maximum Gasteiger partial charge on any atom is 0.330 e. The molecule has 6 nitrogen and oxygen atoms in total. The van der Waals surface area contributed by atoms with Gasteiger partial charge in [-0.2, -0.15) is 0 Å². The van der Waals surface area contributed by atoms with Crippen LogP contribution in [-0.4, -0.2) is 23.5 Å². The van der Waals surface area contributed by atoms with Gasteiger partial charge in [0.15, 0.2) is 5.54 Å². The number of amides is 3. The molecule has 3 amide bonds. The van der Waals surface area contributed by atoms with E-state index in [4.69, 9.17) is 16.3 Å². The van der Waals surface area contributed by atoms with Crippen molar-refractivity contribution in [3.8, 4) is 5.75 Å². The lowest BCUT2D eigenvalue weighted by Crippen LogP contribution is -2.45. The Hall–Kier alpha value is -3.19. The molecule has 1 saturated heterocycles. The number of benzene rings is 2. The van der Waals surface area contributed by atoms with E-state index in [9.17, 15) is 14.0 Å². The molecule has 3 heterocycles. The summed E-state index contributed by atoms with van der Waals surface area (Å²) >= 11 is 6.07. The maximum absolute atomic E-state index is 13.8. The van der Waals surface area contributed by atoms with Crippen molar-refractivity contribution < 1.29 is 18.7 Å². The molecule has 1 aromatic heterocycles. The zero-order valence-electron chi connectivity index (χ0n) is 13.7. The van der Waals surface area contributed by atoms with Crippen LogP contribution in [0.15, 0.2) is 48.8 Å². The fraction of sp³-hybridized carbons (Fsp3) is 0.105. The minimum absolute atomic E-state index is 0.0453. The molecule has 27 heavy (non-hydrogen) atoms. The van der Waals surface area contributed by atoms with E-state index < -0.39 is 23.3 Å². The van der Waals surface area contributed by atoms with Gasteiger partial charge in [-0.05, 0) is 36.4 Å². The number of urea groups is 1. The summed E-state index contributed by atoms with van der Waals surface area (Å²) in [5, 5.41) is 4.17. The third-order valence-electron chi connectivity index (χ3n) is 4.88. The molecule has 3 aromatic rings. The molecule has 134 valence electrons. The molecule has 5 rings (SSSR count). The van der Waals surface area contributed by atoms with Gasteiger partial charge in [0.1, 0.15) is 18.2 Å². The lowest BCUT2D eigenvalue weighted by atomic mass is 9.92. The first-order valence-corrected chi connectivity index (χ1v) is 8.50. The largest absolute Gasteiger partial charge is 0.490 e. The molecule has 1 spiro atoms. The Balaban J connectivity index is 1.68. The predicted molar refractivity (Wildman–Crippen MR) is 96.3 cm³/mol. The molecule has 1 unspecified atom stereocenters. The number of hydrogen-bond donors (Lipinski definition) is 1. The monoisotopic (exact) mass is 383 g/mol. The third kappa shape index (κ3) is 2.15. The number of fused-ring (bicyclic) bond motifs is 3. The Morgan fingerprint density at radius 3 is 2.89 bits per heavy atom. The molecule has 2 aliphatic rings. The molecule has 1 atom stereocenters. The van der Waals surface area contributed by atoms with Crippen molar-refractivity contribution >= 4 is 40.0 Å². The number of anilines is 1. The van der Waals surface area contributed by atoms with Crippen LogP contribution in [0.3, 0.4) is 0 Å². The minimum atomic E-state index is -1.37. The van der Waals surface area contributed by atoms with E-state index in [0.717, 1.165) is 4.90 Å². The molecule has 0 radical (unpaired) electrons. The number of aromatic nitrogens is 1. The van der Waals surface area contributed by atoms with E-state index in [1.807, 2.05) is 0 Å². The van der Waals surface area contributed by atoms with Crippen LogP contribution in [0, 0.1) is 5.82 Å². The Morgan fingerprint density at radius 2 is 2.04 bits per heavy atom. The number of hydrogen-bond acceptors (Lipinski definition) is 4. The van der Waals surface area contributed by atoms with Gasteiger partial charge in [-0.15, -0.1) is 0 Å². The first-order chi connectivity index (χ1) is 13.0. The van der Waals surface area contributed by atoms with Crippen molar-refractivity contribution in [2.24, 2.45) is 0 Å². The summed E-state index contributed by atoms with van der Waals surface area (Å²) in [6.07, 6.45) is 2.91. The quantitative estimate of drug-likeness (QED) is 0.654. The van der Waals surface area contributed by atoms with Crippen LogP contribution < -0.4 is 15.0 Å². The van der Waals surface area contributed by atoms with Gasteiger partial charge in [0, 0.05) is 27.6 Å². The van der Waals surface area contributed by atoms with Crippen LogP contribution in [0.4, 0.5) is 14.9 Å². The van der Waals surface area contributed by atoms with E-state index in [1.165, 1.54) is 18.3 Å². The van der Waals surface area contributed by atoms with Crippen LogP contribution in [-0.2, 0) is 10.3 Å². The minimum Gasteiger partial charge on any atom is -0.490 e. The van der Waals surface area contributed by atoms with Gasteiger partial charge in [-0.25, -0.2) is 14.1 Å². The number of nitrogens with zero attached hydrogens (tertiary/aromatic N) is 2. The van der Waals surface area contributed by atoms with Crippen LogP contribution in [0.1, 0.15) is 5.56 Å². The topological polar surface area (TPSA) is 71.5 Å². The Kier molecular flexibility index (Phi) is 3.21. The molecule has 8 heteroatoms. The molecule has 0 bridgehead atoms. The van der Waals surface area contributed by atoms with Crippen molar-refractivity contribution in [3.05, 3.63) is 65.2 Å². The van der Waals surface area contributed by atoms with Crippen molar-refractivity contribution in [2.45, 2.75) is 5.54 Å². The number of carbonyl (C=O) groups excluding carboxylic acids is 2. The van der Waals surface area contributed by atoms with E-state index in [0.29, 0.717) is 27.1 Å². The lowest BCUT2D eigenvalue weighted by molar-refractivity contribution is -0.122. The van der Waals surface area contributed by atoms with Gasteiger partial charge in [-0.1, -0.05) is 11.6 Å². The van der Waals surface area contributed by atoms with E-state index in [2.05, 4.69) is 10.3 Å². The summed E-state index contributed by atoms with van der Waals surface area (Å²) in [7, 11) is 0. The highest BCUT2D eigenvalue weighted by atomic mass is 35.5. The number of rotatable bonds is 1. The summed E-state index contributed by atoms with van der Waals surface area (Å²) < 4.78 is 19.4. The number of pyridine rings is 1. The Bertz CT molecular complexity index is 1150. The standard InChI is InChI=1S/C19H11ClFN3O3/c20-11-2-4-16-14(5-11)19(9-27-16)17(25)24(18(26)23-19)15-8-22-7-10-1-3-12(21)6-13(10)15/h1-8H,9H2,(H,23,26). The first kappa shape index (κ1) is 16.0. The number of imide groups is 1. The molecule has 1 N–H and O–H groups in total. The average Bonchev–Trinajstić information content (AvgIpc) is 3.13. The summed E-state index contributed by atoms with van der Waals surface area (Å²) in [5.41, 5.74) is -0.663. The van der Waals surface area contributed by atoms with Gasteiger partial charge in [0.05, 0.1) is 11.9 Å². The zero-order valence-corrected chi connectivity index (χ0v) is 14.5. The highest BCUT2D eigenvalue weighted by Gasteiger charge is 2.58. The number of halogens is 2. The Labute approximate surface area is 157 Å². The molecule has 0 saturated carbocycles. The zero-order chi connectivity index (χ0) is 18.8. The molecule has 0 aliphatic carbocycles. The predicted octanol–water partition coefficient (Wildman–Crippen LogP) is 3.37. The average molecular weight is 384 g/mol. The second kappa shape index (κ2) is 5.40. The van der Waals surface area contributed by atoms with E-state index in [1.54, 1.807) is 30.5 Å². The van der Waals surface area contributed by atoms with E-state index >= 15 is 0 Å². The van der Waals surface area contributed by atoms with Gasteiger partial charge in [0.2, 0.25) is 0 Å². The van der Waals surface area contributed by atoms with Crippen molar-refractivity contribution in [2.75, 3.05) is 11.5 Å². The highest BCUT2D eigenvalue weighted by Crippen LogP contribution is 2.44. The van der Waals surface area contributed by atoms with Crippen molar-refractivity contribution in [1.82, 2.24) is 10.3 Å². The third-order valence-corrected chi connectivity index (χ3v) is 5.11. The molecular weight excluding hydrogens is 373 g/mol. The van der Waals surface area contributed by atoms with Crippen molar-refractivity contribution in [3.63, 3.8) is 0 Å². The van der Waals surface area contributed by atoms with Gasteiger partial charge < -0.3 is 10.1 Å². The number of ether oxygens (including phenoxy) is 1.